The van der Waals surface area contributed by atoms with Crippen LogP contribution in [-0.2, 0) is 4.79 Å². The molecule has 2 amide bonds. The molecule has 1 aromatic carbocycles. The van der Waals surface area contributed by atoms with Crippen LogP contribution in [0, 0.1) is 10.1 Å². The zero-order valence-corrected chi connectivity index (χ0v) is 12.0. The summed E-state index contributed by atoms with van der Waals surface area (Å²) in [6.07, 6.45) is 0.995. The summed E-state index contributed by atoms with van der Waals surface area (Å²) in [4.78, 5) is 33.0. The second-order valence-corrected chi connectivity index (χ2v) is 4.42. The number of rotatable bonds is 4. The summed E-state index contributed by atoms with van der Waals surface area (Å²) in [6, 6.07) is 5.23. The van der Waals surface area contributed by atoms with Crippen molar-refractivity contribution in [3.63, 3.8) is 0 Å². The van der Waals surface area contributed by atoms with Crippen molar-refractivity contribution >= 4 is 34.8 Å². The Morgan fingerprint density at radius 1 is 1.33 bits per heavy atom. The quantitative estimate of drug-likeness (QED) is 0.435. The number of hydrogen-bond acceptors (Lipinski definition) is 5. The van der Waals surface area contributed by atoms with Crippen molar-refractivity contribution in [2.75, 3.05) is 0 Å². The van der Waals surface area contributed by atoms with Gasteiger partial charge in [0, 0.05) is 24.1 Å². The van der Waals surface area contributed by atoms with Gasteiger partial charge in [-0.1, -0.05) is 13.0 Å². The van der Waals surface area contributed by atoms with Gasteiger partial charge in [0.25, 0.3) is 11.6 Å². The SMILES string of the molecule is CCCC(=O)NC(=S)NNC(=O)c1cccc([N+](=O)[O-])c1. The van der Waals surface area contributed by atoms with Gasteiger partial charge in [0.15, 0.2) is 5.11 Å². The molecule has 0 bridgehead atoms. The van der Waals surface area contributed by atoms with Crippen molar-refractivity contribution in [1.82, 2.24) is 16.2 Å². The maximum atomic E-state index is 11.8. The standard InChI is InChI=1S/C12H14N4O4S/c1-2-4-10(17)13-12(21)15-14-11(18)8-5-3-6-9(7-8)16(19)20/h3,5-7H,2,4H2,1H3,(H,14,18)(H2,13,15,17,21). The van der Waals surface area contributed by atoms with E-state index in [1.807, 2.05) is 6.92 Å². The van der Waals surface area contributed by atoms with E-state index in [0.717, 1.165) is 6.07 Å². The summed E-state index contributed by atoms with van der Waals surface area (Å²) in [6.45, 7) is 1.85. The van der Waals surface area contributed by atoms with E-state index < -0.39 is 10.8 Å². The highest BCUT2D eigenvalue weighted by Gasteiger charge is 2.11. The maximum Gasteiger partial charge on any atom is 0.270 e. The molecule has 0 aliphatic rings. The highest BCUT2D eigenvalue weighted by Crippen LogP contribution is 2.12. The largest absolute Gasteiger partial charge is 0.302 e. The van der Waals surface area contributed by atoms with E-state index in [1.54, 1.807) is 0 Å². The topological polar surface area (TPSA) is 113 Å². The van der Waals surface area contributed by atoms with Gasteiger partial charge in [0.05, 0.1) is 4.92 Å². The van der Waals surface area contributed by atoms with Crippen LogP contribution in [0.25, 0.3) is 0 Å². The minimum absolute atomic E-state index is 0.0489. The van der Waals surface area contributed by atoms with E-state index in [2.05, 4.69) is 16.2 Å². The summed E-state index contributed by atoms with van der Waals surface area (Å²) in [7, 11) is 0. The lowest BCUT2D eigenvalue weighted by Gasteiger charge is -2.10. The fraction of sp³-hybridized carbons (Fsp3) is 0.250. The number of nitrogens with one attached hydrogen (secondary N) is 3. The first-order valence-electron chi connectivity index (χ1n) is 6.08. The third-order valence-electron chi connectivity index (χ3n) is 2.34. The van der Waals surface area contributed by atoms with E-state index in [4.69, 9.17) is 12.2 Å². The second-order valence-electron chi connectivity index (χ2n) is 4.01. The molecule has 0 unspecified atom stereocenters. The molecule has 112 valence electrons. The molecule has 0 atom stereocenters. The lowest BCUT2D eigenvalue weighted by atomic mass is 10.2. The maximum absolute atomic E-state index is 11.8. The number of hydrogen-bond donors (Lipinski definition) is 3. The summed E-state index contributed by atoms with van der Waals surface area (Å²) in [5.41, 5.74) is 4.50. The molecule has 3 N–H and O–H groups in total. The number of non-ortho nitro benzene ring substituents is 1. The predicted molar refractivity (Wildman–Crippen MR) is 79.3 cm³/mol. The van der Waals surface area contributed by atoms with Crippen LogP contribution in [0.1, 0.15) is 30.1 Å². The fourth-order valence-corrected chi connectivity index (χ4v) is 1.56. The van der Waals surface area contributed by atoms with E-state index in [9.17, 15) is 19.7 Å². The minimum Gasteiger partial charge on any atom is -0.302 e. The Balaban J connectivity index is 2.54. The van der Waals surface area contributed by atoms with Crippen LogP contribution in [-0.4, -0.2) is 21.9 Å². The number of amides is 2. The molecule has 0 fully saturated rings. The van der Waals surface area contributed by atoms with Gasteiger partial charge in [-0.2, -0.15) is 0 Å². The van der Waals surface area contributed by atoms with Crippen LogP contribution < -0.4 is 16.2 Å². The van der Waals surface area contributed by atoms with Crippen molar-refractivity contribution in [3.05, 3.63) is 39.9 Å². The molecule has 21 heavy (non-hydrogen) atoms. The lowest BCUT2D eigenvalue weighted by Crippen LogP contribution is -2.48. The molecule has 1 aromatic rings. The van der Waals surface area contributed by atoms with Crippen molar-refractivity contribution in [2.24, 2.45) is 0 Å². The smallest absolute Gasteiger partial charge is 0.270 e. The van der Waals surface area contributed by atoms with Crippen LogP contribution in [0.4, 0.5) is 5.69 Å². The lowest BCUT2D eigenvalue weighted by molar-refractivity contribution is -0.384. The molecule has 0 aliphatic carbocycles. The number of thiocarbonyl (C=S) groups is 1. The molecular weight excluding hydrogens is 296 g/mol. The Morgan fingerprint density at radius 2 is 2.05 bits per heavy atom. The van der Waals surface area contributed by atoms with E-state index in [0.29, 0.717) is 12.8 Å². The average molecular weight is 310 g/mol. The number of nitro benzene ring substituents is 1. The number of nitro groups is 1. The van der Waals surface area contributed by atoms with E-state index in [1.165, 1.54) is 18.2 Å². The zero-order chi connectivity index (χ0) is 15.8. The number of carbonyl (C=O) groups excluding carboxylic acids is 2. The average Bonchev–Trinajstić information content (AvgIpc) is 2.45. The van der Waals surface area contributed by atoms with Gasteiger partial charge in [0.1, 0.15) is 0 Å². The van der Waals surface area contributed by atoms with Crippen molar-refractivity contribution in [1.29, 1.82) is 0 Å². The van der Waals surface area contributed by atoms with Crippen LogP contribution in [0.15, 0.2) is 24.3 Å². The van der Waals surface area contributed by atoms with Gasteiger partial charge < -0.3 is 5.32 Å². The first kappa shape index (κ1) is 16.5. The zero-order valence-electron chi connectivity index (χ0n) is 11.2. The van der Waals surface area contributed by atoms with Gasteiger partial charge in [-0.25, -0.2) is 0 Å². The van der Waals surface area contributed by atoms with Gasteiger partial charge >= 0.3 is 0 Å². The van der Waals surface area contributed by atoms with Gasteiger partial charge in [-0.15, -0.1) is 0 Å². The van der Waals surface area contributed by atoms with Gasteiger partial charge in [-0.05, 0) is 24.7 Å². The minimum atomic E-state index is -0.606. The first-order chi connectivity index (χ1) is 9.93. The third-order valence-corrected chi connectivity index (χ3v) is 2.54. The summed E-state index contributed by atoms with van der Waals surface area (Å²) < 4.78 is 0. The van der Waals surface area contributed by atoms with Crippen LogP contribution in [0.3, 0.4) is 0 Å². The molecule has 0 aromatic heterocycles. The molecule has 9 heteroatoms. The Morgan fingerprint density at radius 3 is 2.67 bits per heavy atom. The van der Waals surface area contributed by atoms with E-state index >= 15 is 0 Å². The molecule has 1 rings (SSSR count). The van der Waals surface area contributed by atoms with Crippen LogP contribution in [0.2, 0.25) is 0 Å². The highest BCUT2D eigenvalue weighted by molar-refractivity contribution is 7.80. The Kier molecular flexibility index (Phi) is 6.21. The van der Waals surface area contributed by atoms with Gasteiger partial charge in [-0.3, -0.25) is 30.6 Å². The predicted octanol–water partition coefficient (Wildman–Crippen LogP) is 1.03. The van der Waals surface area contributed by atoms with Crippen molar-refractivity contribution in [2.45, 2.75) is 19.8 Å². The molecule has 0 radical (unpaired) electrons. The number of nitrogens with zero attached hydrogens (tertiary/aromatic N) is 1. The number of benzene rings is 1. The van der Waals surface area contributed by atoms with Crippen LogP contribution in [0.5, 0.6) is 0 Å². The molecule has 0 saturated carbocycles. The molecule has 0 saturated heterocycles. The molecular formula is C12H14N4O4S. The Labute approximate surface area is 126 Å². The normalized spacial score (nSPS) is 9.57. The van der Waals surface area contributed by atoms with Crippen LogP contribution >= 0.6 is 12.2 Å². The molecule has 0 aliphatic heterocycles. The summed E-state index contributed by atoms with van der Waals surface area (Å²) in [5, 5.41) is 12.9. The molecule has 0 heterocycles. The summed E-state index contributed by atoms with van der Waals surface area (Å²) in [5.74, 6) is -0.870. The number of carbonyl (C=O) groups is 2. The Bertz CT molecular complexity index is 576. The number of hydrazine groups is 1. The Hall–Kier alpha value is -2.55. The van der Waals surface area contributed by atoms with E-state index in [-0.39, 0.29) is 22.3 Å². The van der Waals surface area contributed by atoms with Crippen molar-refractivity contribution in [3.8, 4) is 0 Å². The monoisotopic (exact) mass is 310 g/mol. The highest BCUT2D eigenvalue weighted by atomic mass is 32.1. The molecule has 0 spiro atoms. The third kappa shape index (κ3) is 5.53. The second kappa shape index (κ2) is 7.90. The van der Waals surface area contributed by atoms with Crippen molar-refractivity contribution < 1.29 is 14.5 Å². The molecule has 8 nitrogen and oxygen atoms in total. The fourth-order valence-electron chi connectivity index (χ4n) is 1.39. The first-order valence-corrected chi connectivity index (χ1v) is 6.49. The van der Waals surface area contributed by atoms with Gasteiger partial charge in [0.2, 0.25) is 5.91 Å². The summed E-state index contributed by atoms with van der Waals surface area (Å²) >= 11 is 4.81.